The van der Waals surface area contributed by atoms with E-state index in [9.17, 15) is 13.7 Å². The van der Waals surface area contributed by atoms with Gasteiger partial charge < -0.3 is 5.32 Å². The Balaban J connectivity index is 1.88. The van der Waals surface area contributed by atoms with Crippen molar-refractivity contribution >= 4 is 15.8 Å². The van der Waals surface area contributed by atoms with Crippen molar-refractivity contribution in [1.29, 1.82) is 5.26 Å². The minimum absolute atomic E-state index is 0.258. The van der Waals surface area contributed by atoms with E-state index >= 15 is 0 Å². The molecule has 0 bridgehead atoms. The van der Waals surface area contributed by atoms with Crippen LogP contribution >= 0.6 is 0 Å². The van der Waals surface area contributed by atoms with E-state index in [0.717, 1.165) is 16.8 Å². The third-order valence-corrected chi connectivity index (χ3v) is 5.20. The molecule has 2 N–H and O–H groups in total. The van der Waals surface area contributed by atoms with E-state index in [4.69, 9.17) is 0 Å². The first-order valence-corrected chi connectivity index (χ1v) is 9.50. The van der Waals surface area contributed by atoms with Crippen LogP contribution in [0.5, 0.6) is 0 Å². The molecule has 0 fully saturated rings. The van der Waals surface area contributed by atoms with Crippen molar-refractivity contribution in [2.24, 2.45) is 0 Å². The summed E-state index contributed by atoms with van der Waals surface area (Å²) >= 11 is 0. The lowest BCUT2D eigenvalue weighted by Gasteiger charge is -2.11. The van der Waals surface area contributed by atoms with E-state index in [-0.39, 0.29) is 4.90 Å². The molecule has 0 aliphatic heterocycles. The standard InChI is InChI=1S/C18H22N4O2S/c1-13-5-7-16(8-6-13)25(23,24)21-10-4-9-20-18-17(12-19)14(2)11-15(3)22-18/h5-8,11,21H,4,9-10H2,1-3H3,(H,20,22). The molecule has 0 atom stereocenters. The van der Waals surface area contributed by atoms with E-state index < -0.39 is 10.0 Å². The maximum atomic E-state index is 12.2. The van der Waals surface area contributed by atoms with Crippen LogP contribution in [0.3, 0.4) is 0 Å². The summed E-state index contributed by atoms with van der Waals surface area (Å²) in [4.78, 5) is 4.59. The van der Waals surface area contributed by atoms with Crippen LogP contribution in [0.2, 0.25) is 0 Å². The zero-order chi connectivity index (χ0) is 18.4. The van der Waals surface area contributed by atoms with E-state index in [1.54, 1.807) is 24.3 Å². The smallest absolute Gasteiger partial charge is 0.240 e. The van der Waals surface area contributed by atoms with Gasteiger partial charge in [-0.1, -0.05) is 17.7 Å². The maximum Gasteiger partial charge on any atom is 0.240 e. The summed E-state index contributed by atoms with van der Waals surface area (Å²) in [6.45, 7) is 6.46. The Morgan fingerprint density at radius 2 is 1.80 bits per heavy atom. The summed E-state index contributed by atoms with van der Waals surface area (Å²) in [5.74, 6) is 0.543. The average molecular weight is 358 g/mol. The molecule has 0 unspecified atom stereocenters. The first kappa shape index (κ1) is 18.9. The first-order valence-electron chi connectivity index (χ1n) is 8.02. The van der Waals surface area contributed by atoms with Crippen LogP contribution in [0.4, 0.5) is 5.82 Å². The number of hydrogen-bond acceptors (Lipinski definition) is 5. The lowest BCUT2D eigenvalue weighted by molar-refractivity contribution is 0.580. The molecular formula is C18H22N4O2S. The number of nitrogens with zero attached hydrogens (tertiary/aromatic N) is 2. The van der Waals surface area contributed by atoms with Crippen LogP contribution in [-0.2, 0) is 10.0 Å². The molecule has 1 aromatic heterocycles. The molecule has 6 nitrogen and oxygen atoms in total. The van der Waals surface area contributed by atoms with Gasteiger partial charge in [0.1, 0.15) is 11.9 Å². The van der Waals surface area contributed by atoms with Crippen molar-refractivity contribution in [3.8, 4) is 6.07 Å². The number of hydrogen-bond donors (Lipinski definition) is 2. The Hall–Kier alpha value is -2.43. The summed E-state index contributed by atoms with van der Waals surface area (Å²) in [5.41, 5.74) is 3.24. The van der Waals surface area contributed by atoms with Crippen molar-refractivity contribution < 1.29 is 8.42 Å². The Kier molecular flexibility index (Phi) is 6.12. The quantitative estimate of drug-likeness (QED) is 0.742. The predicted molar refractivity (Wildman–Crippen MR) is 97.9 cm³/mol. The minimum Gasteiger partial charge on any atom is -0.369 e. The zero-order valence-electron chi connectivity index (χ0n) is 14.6. The molecule has 0 spiro atoms. The van der Waals surface area contributed by atoms with E-state index in [2.05, 4.69) is 21.1 Å². The van der Waals surface area contributed by atoms with Crippen molar-refractivity contribution in [1.82, 2.24) is 9.71 Å². The summed E-state index contributed by atoms with van der Waals surface area (Å²) < 4.78 is 26.9. The molecule has 0 radical (unpaired) electrons. The van der Waals surface area contributed by atoms with Crippen LogP contribution in [0.1, 0.15) is 28.8 Å². The van der Waals surface area contributed by atoms with E-state index in [0.29, 0.717) is 30.9 Å². The fraction of sp³-hybridized carbons (Fsp3) is 0.333. The van der Waals surface area contributed by atoms with E-state index in [1.807, 2.05) is 26.8 Å². The molecule has 2 rings (SSSR count). The third kappa shape index (κ3) is 5.02. The van der Waals surface area contributed by atoms with Gasteiger partial charge in [-0.05, 0) is 51.0 Å². The van der Waals surface area contributed by atoms with Gasteiger partial charge >= 0.3 is 0 Å². The fourth-order valence-electron chi connectivity index (χ4n) is 2.41. The number of aromatic nitrogens is 1. The van der Waals surface area contributed by atoms with Gasteiger partial charge in [0.15, 0.2) is 0 Å². The summed E-state index contributed by atoms with van der Waals surface area (Å²) in [6, 6.07) is 10.7. The Morgan fingerprint density at radius 3 is 2.44 bits per heavy atom. The van der Waals surface area contributed by atoms with Crippen molar-refractivity contribution in [2.45, 2.75) is 32.1 Å². The zero-order valence-corrected chi connectivity index (χ0v) is 15.4. The molecular weight excluding hydrogens is 336 g/mol. The van der Waals surface area contributed by atoms with Gasteiger partial charge in [0.05, 0.1) is 10.5 Å². The molecule has 1 aromatic carbocycles. The van der Waals surface area contributed by atoms with Crippen LogP contribution in [0.15, 0.2) is 35.2 Å². The van der Waals surface area contributed by atoms with Gasteiger partial charge in [0.2, 0.25) is 10.0 Å². The molecule has 2 aromatic rings. The van der Waals surface area contributed by atoms with Crippen LogP contribution in [-0.4, -0.2) is 26.5 Å². The normalized spacial score (nSPS) is 11.1. The second-order valence-corrected chi connectivity index (χ2v) is 7.67. The number of rotatable bonds is 7. The van der Waals surface area contributed by atoms with Crippen LogP contribution < -0.4 is 10.0 Å². The number of pyridine rings is 1. The monoisotopic (exact) mass is 358 g/mol. The molecule has 132 valence electrons. The number of benzene rings is 1. The van der Waals surface area contributed by atoms with Crippen LogP contribution in [0, 0.1) is 32.1 Å². The number of sulfonamides is 1. The highest BCUT2D eigenvalue weighted by atomic mass is 32.2. The number of aryl methyl sites for hydroxylation is 3. The number of anilines is 1. The Labute approximate surface area is 149 Å². The lowest BCUT2D eigenvalue weighted by Crippen LogP contribution is -2.26. The molecule has 0 aliphatic carbocycles. The van der Waals surface area contributed by atoms with Gasteiger partial charge in [-0.25, -0.2) is 18.1 Å². The van der Waals surface area contributed by atoms with Crippen molar-refractivity contribution in [3.63, 3.8) is 0 Å². The number of nitriles is 1. The number of nitrogens with one attached hydrogen (secondary N) is 2. The highest BCUT2D eigenvalue weighted by Crippen LogP contribution is 2.17. The van der Waals surface area contributed by atoms with Gasteiger partial charge in [-0.15, -0.1) is 0 Å². The Morgan fingerprint density at radius 1 is 1.12 bits per heavy atom. The lowest BCUT2D eigenvalue weighted by atomic mass is 10.1. The van der Waals surface area contributed by atoms with Crippen molar-refractivity contribution in [2.75, 3.05) is 18.4 Å². The highest BCUT2D eigenvalue weighted by Gasteiger charge is 2.13. The summed E-state index contributed by atoms with van der Waals surface area (Å²) in [7, 11) is -3.49. The third-order valence-electron chi connectivity index (χ3n) is 3.73. The molecule has 0 saturated carbocycles. The first-order chi connectivity index (χ1) is 11.8. The van der Waals surface area contributed by atoms with Crippen molar-refractivity contribution in [3.05, 3.63) is 52.7 Å². The van der Waals surface area contributed by atoms with Gasteiger partial charge in [0, 0.05) is 18.8 Å². The molecule has 0 amide bonds. The molecule has 1 heterocycles. The highest BCUT2D eigenvalue weighted by molar-refractivity contribution is 7.89. The van der Waals surface area contributed by atoms with Crippen LogP contribution in [0.25, 0.3) is 0 Å². The predicted octanol–water partition coefficient (Wildman–Crippen LogP) is 2.66. The largest absolute Gasteiger partial charge is 0.369 e. The second kappa shape index (κ2) is 8.10. The van der Waals surface area contributed by atoms with Gasteiger partial charge in [-0.3, -0.25) is 0 Å². The summed E-state index contributed by atoms with van der Waals surface area (Å²) in [5, 5.41) is 12.3. The average Bonchev–Trinajstić information content (AvgIpc) is 2.54. The Bertz CT molecular complexity index is 885. The van der Waals surface area contributed by atoms with Gasteiger partial charge in [-0.2, -0.15) is 5.26 Å². The van der Waals surface area contributed by atoms with Gasteiger partial charge in [0.25, 0.3) is 0 Å². The maximum absolute atomic E-state index is 12.2. The molecule has 7 heteroatoms. The second-order valence-electron chi connectivity index (χ2n) is 5.91. The fourth-order valence-corrected chi connectivity index (χ4v) is 3.48. The molecule has 0 aliphatic rings. The SMILES string of the molecule is Cc1ccc(S(=O)(=O)NCCCNc2nc(C)cc(C)c2C#N)cc1. The van der Waals surface area contributed by atoms with E-state index in [1.165, 1.54) is 0 Å². The summed E-state index contributed by atoms with van der Waals surface area (Å²) in [6.07, 6.45) is 0.574. The minimum atomic E-state index is -3.49. The topological polar surface area (TPSA) is 94.9 Å². The molecule has 0 saturated heterocycles. The molecule has 25 heavy (non-hydrogen) atoms.